The summed E-state index contributed by atoms with van der Waals surface area (Å²) in [6, 6.07) is 0.586. The summed E-state index contributed by atoms with van der Waals surface area (Å²) in [6.07, 6.45) is 1.09. The Morgan fingerprint density at radius 3 is 2.64 bits per heavy atom. The summed E-state index contributed by atoms with van der Waals surface area (Å²) in [5, 5.41) is 12.3. The number of β-amino-alcohol motifs (C(OH)–C–C–N with tert-alkyl or cyclic N) is 1. The highest BCUT2D eigenvalue weighted by Gasteiger charge is 2.25. The largest absolute Gasteiger partial charge is 0.390 e. The third-order valence-corrected chi connectivity index (χ3v) is 2.32. The number of hydrogen-bond acceptors (Lipinski definition) is 3. The smallest absolute Gasteiger partial charge is 0.0793 e. The van der Waals surface area contributed by atoms with Crippen LogP contribution in [-0.2, 0) is 0 Å². The average Bonchev–Trinajstić information content (AvgIpc) is 1.96. The van der Waals surface area contributed by atoms with E-state index in [4.69, 9.17) is 5.11 Å². The quantitative estimate of drug-likeness (QED) is 0.587. The Bertz CT molecular complexity index is 109. The maximum Gasteiger partial charge on any atom is 0.0793 e. The van der Waals surface area contributed by atoms with Crippen LogP contribution in [0.25, 0.3) is 0 Å². The van der Waals surface area contributed by atoms with Crippen LogP contribution in [0.15, 0.2) is 0 Å². The Morgan fingerprint density at radius 1 is 1.64 bits per heavy atom. The molecule has 1 saturated heterocycles. The van der Waals surface area contributed by atoms with Crippen molar-refractivity contribution in [1.29, 1.82) is 0 Å². The first-order valence-electron chi connectivity index (χ1n) is 4.34. The molecule has 1 unspecified atom stereocenters. The van der Waals surface area contributed by atoms with Crippen LogP contribution in [0.5, 0.6) is 0 Å². The van der Waals surface area contributed by atoms with Gasteiger partial charge in [0.2, 0.25) is 0 Å². The van der Waals surface area contributed by atoms with Crippen LogP contribution in [0, 0.1) is 0 Å². The lowest BCUT2D eigenvalue weighted by Gasteiger charge is -2.37. The molecule has 0 aromatic rings. The standard InChI is InChI=1S/C8H18N2O/c1-3-7(9-2)4-10-5-8(11)6-10/h7-9,11H,3-6H2,1-2H3. The number of hydrogen-bond donors (Lipinski definition) is 2. The van der Waals surface area contributed by atoms with E-state index in [2.05, 4.69) is 17.1 Å². The predicted octanol–water partition coefficient (Wildman–Crippen LogP) is -0.339. The van der Waals surface area contributed by atoms with Crippen molar-refractivity contribution in [3.63, 3.8) is 0 Å². The number of nitrogens with zero attached hydrogens (tertiary/aromatic N) is 1. The Labute approximate surface area is 68.4 Å². The minimum Gasteiger partial charge on any atom is -0.390 e. The summed E-state index contributed by atoms with van der Waals surface area (Å²) in [6.45, 7) is 4.97. The van der Waals surface area contributed by atoms with Crippen molar-refractivity contribution in [3.05, 3.63) is 0 Å². The van der Waals surface area contributed by atoms with Crippen LogP contribution in [0.2, 0.25) is 0 Å². The van der Waals surface area contributed by atoms with Gasteiger partial charge in [-0.05, 0) is 13.5 Å². The number of aliphatic hydroxyl groups is 1. The van der Waals surface area contributed by atoms with Gasteiger partial charge < -0.3 is 10.4 Å². The van der Waals surface area contributed by atoms with Gasteiger partial charge in [0.05, 0.1) is 6.10 Å². The zero-order valence-corrected chi connectivity index (χ0v) is 7.38. The first kappa shape index (κ1) is 8.97. The number of likely N-dealkylation sites (tertiary alicyclic amines) is 1. The van der Waals surface area contributed by atoms with Crippen molar-refractivity contribution in [1.82, 2.24) is 10.2 Å². The molecule has 2 N–H and O–H groups in total. The van der Waals surface area contributed by atoms with Gasteiger partial charge in [0.25, 0.3) is 0 Å². The summed E-state index contributed by atoms with van der Waals surface area (Å²) in [7, 11) is 1.99. The van der Waals surface area contributed by atoms with E-state index >= 15 is 0 Å². The molecule has 3 heteroatoms. The maximum atomic E-state index is 9.01. The third kappa shape index (κ3) is 2.43. The SMILES string of the molecule is CCC(CN1CC(O)C1)NC. The average molecular weight is 158 g/mol. The molecule has 1 atom stereocenters. The third-order valence-electron chi connectivity index (χ3n) is 2.32. The summed E-state index contributed by atoms with van der Waals surface area (Å²) in [5.74, 6) is 0. The molecule has 0 radical (unpaired) electrons. The zero-order chi connectivity index (χ0) is 8.27. The summed E-state index contributed by atoms with van der Waals surface area (Å²) in [5.41, 5.74) is 0. The first-order valence-corrected chi connectivity index (χ1v) is 4.34. The van der Waals surface area contributed by atoms with Gasteiger partial charge in [-0.3, -0.25) is 4.90 Å². The van der Waals surface area contributed by atoms with Gasteiger partial charge >= 0.3 is 0 Å². The van der Waals surface area contributed by atoms with Gasteiger partial charge in [0, 0.05) is 25.7 Å². The molecule has 0 spiro atoms. The molecule has 1 aliphatic heterocycles. The van der Waals surface area contributed by atoms with Crippen molar-refractivity contribution in [3.8, 4) is 0 Å². The second-order valence-electron chi connectivity index (χ2n) is 3.27. The molecule has 66 valence electrons. The number of likely N-dealkylation sites (N-methyl/N-ethyl adjacent to an activating group) is 1. The lowest BCUT2D eigenvalue weighted by Crippen LogP contribution is -2.54. The fourth-order valence-corrected chi connectivity index (χ4v) is 1.43. The van der Waals surface area contributed by atoms with Crippen LogP contribution in [-0.4, -0.2) is 48.8 Å². The highest BCUT2D eigenvalue weighted by Crippen LogP contribution is 2.08. The van der Waals surface area contributed by atoms with E-state index in [1.54, 1.807) is 0 Å². The molecule has 0 aromatic carbocycles. The second-order valence-corrected chi connectivity index (χ2v) is 3.27. The van der Waals surface area contributed by atoms with E-state index in [0.717, 1.165) is 26.1 Å². The van der Waals surface area contributed by atoms with Crippen molar-refractivity contribution >= 4 is 0 Å². The topological polar surface area (TPSA) is 35.5 Å². The molecule has 1 heterocycles. The molecule has 0 amide bonds. The fourth-order valence-electron chi connectivity index (χ4n) is 1.43. The molecule has 11 heavy (non-hydrogen) atoms. The minimum absolute atomic E-state index is 0.0654. The van der Waals surface area contributed by atoms with E-state index in [-0.39, 0.29) is 6.10 Å². The van der Waals surface area contributed by atoms with Gasteiger partial charge in [-0.1, -0.05) is 6.92 Å². The van der Waals surface area contributed by atoms with Crippen LogP contribution >= 0.6 is 0 Å². The van der Waals surface area contributed by atoms with Gasteiger partial charge in [0.1, 0.15) is 0 Å². The van der Waals surface area contributed by atoms with Crippen LogP contribution < -0.4 is 5.32 Å². The highest BCUT2D eigenvalue weighted by molar-refractivity contribution is 4.81. The Morgan fingerprint density at radius 2 is 2.27 bits per heavy atom. The van der Waals surface area contributed by atoms with Crippen LogP contribution in [0.4, 0.5) is 0 Å². The number of aliphatic hydroxyl groups excluding tert-OH is 1. The molecule has 0 saturated carbocycles. The van der Waals surface area contributed by atoms with E-state index in [9.17, 15) is 0 Å². The molecule has 0 aliphatic carbocycles. The van der Waals surface area contributed by atoms with Gasteiger partial charge in [-0.15, -0.1) is 0 Å². The molecular formula is C8H18N2O. The van der Waals surface area contributed by atoms with Gasteiger partial charge in [0.15, 0.2) is 0 Å². The molecule has 1 aliphatic rings. The summed E-state index contributed by atoms with van der Waals surface area (Å²) in [4.78, 5) is 2.27. The first-order chi connectivity index (χ1) is 5.26. The number of nitrogens with one attached hydrogen (secondary N) is 1. The van der Waals surface area contributed by atoms with E-state index in [0.29, 0.717) is 6.04 Å². The van der Waals surface area contributed by atoms with Crippen LogP contribution in [0.3, 0.4) is 0 Å². The minimum atomic E-state index is -0.0654. The van der Waals surface area contributed by atoms with Crippen LogP contribution in [0.1, 0.15) is 13.3 Å². The van der Waals surface area contributed by atoms with Crippen molar-refractivity contribution in [2.45, 2.75) is 25.5 Å². The highest BCUT2D eigenvalue weighted by atomic mass is 16.3. The molecule has 3 nitrogen and oxygen atoms in total. The van der Waals surface area contributed by atoms with Crippen molar-refractivity contribution < 1.29 is 5.11 Å². The van der Waals surface area contributed by atoms with E-state index in [1.807, 2.05) is 7.05 Å². The molecule has 0 bridgehead atoms. The maximum absolute atomic E-state index is 9.01. The lowest BCUT2D eigenvalue weighted by atomic mass is 10.1. The lowest BCUT2D eigenvalue weighted by molar-refractivity contribution is -0.00265. The summed E-state index contributed by atoms with van der Waals surface area (Å²) >= 11 is 0. The molecule has 0 aromatic heterocycles. The number of rotatable bonds is 4. The Balaban J connectivity index is 2.09. The zero-order valence-electron chi connectivity index (χ0n) is 7.38. The van der Waals surface area contributed by atoms with Crippen molar-refractivity contribution in [2.75, 3.05) is 26.7 Å². The summed E-state index contributed by atoms with van der Waals surface area (Å²) < 4.78 is 0. The molecule has 1 fully saturated rings. The Kier molecular flexibility index (Phi) is 3.30. The monoisotopic (exact) mass is 158 g/mol. The van der Waals surface area contributed by atoms with E-state index < -0.39 is 0 Å². The van der Waals surface area contributed by atoms with Gasteiger partial charge in [-0.25, -0.2) is 0 Å². The Hall–Kier alpha value is -0.120. The molecular weight excluding hydrogens is 140 g/mol. The molecule has 1 rings (SSSR count). The second kappa shape index (κ2) is 4.04. The van der Waals surface area contributed by atoms with E-state index in [1.165, 1.54) is 0 Å². The van der Waals surface area contributed by atoms with Crippen molar-refractivity contribution in [2.24, 2.45) is 0 Å². The van der Waals surface area contributed by atoms with Gasteiger partial charge in [-0.2, -0.15) is 0 Å². The predicted molar refractivity (Wildman–Crippen MR) is 45.6 cm³/mol. The normalized spacial score (nSPS) is 23.2. The fraction of sp³-hybridized carbons (Fsp3) is 1.00.